The summed E-state index contributed by atoms with van der Waals surface area (Å²) in [6.07, 6.45) is 7.40. The van der Waals surface area contributed by atoms with Crippen molar-refractivity contribution in [3.8, 4) is 71.0 Å². The smallest absolute Gasteiger partial charge is 0.309 e. The van der Waals surface area contributed by atoms with Crippen molar-refractivity contribution in [3.63, 3.8) is 0 Å². The third-order valence-electron chi connectivity index (χ3n) is 7.92. The first-order chi connectivity index (χ1) is 15.7. The maximum absolute atomic E-state index is 12.9. The first kappa shape index (κ1) is 22.0. The lowest BCUT2D eigenvalue weighted by molar-refractivity contribution is -0.153. The molecule has 2 nitrogen and oxygen atoms in total. The van der Waals surface area contributed by atoms with Crippen LogP contribution in [-0.2, 0) is 9.53 Å². The van der Waals surface area contributed by atoms with E-state index in [0.29, 0.717) is 12.5 Å². The molecule has 4 bridgehead atoms. The quantitative estimate of drug-likeness (QED) is 0.392. The predicted molar refractivity (Wildman–Crippen MR) is 125 cm³/mol. The molecule has 0 saturated heterocycles. The van der Waals surface area contributed by atoms with Crippen LogP contribution in [0, 0.1) is 118 Å². The summed E-state index contributed by atoms with van der Waals surface area (Å²) in [7, 11) is 0. The van der Waals surface area contributed by atoms with Gasteiger partial charge in [-0.25, -0.2) is 0 Å². The fraction of sp³-hybridized carbons (Fsp3) is 0.567. The first-order valence-electron chi connectivity index (χ1n) is 11.8. The molecule has 8 unspecified atom stereocenters. The second kappa shape index (κ2) is 10.4. The number of esters is 1. The topological polar surface area (TPSA) is 26.3 Å². The van der Waals surface area contributed by atoms with Crippen molar-refractivity contribution in [1.82, 2.24) is 0 Å². The molecule has 32 heavy (non-hydrogen) atoms. The molecule has 0 radical (unpaired) electrons. The molecule has 0 aromatic rings. The van der Waals surface area contributed by atoms with E-state index in [0.717, 1.165) is 42.4 Å². The van der Waals surface area contributed by atoms with E-state index < -0.39 is 0 Å². The van der Waals surface area contributed by atoms with E-state index in [1.165, 1.54) is 25.7 Å². The second-order valence-electron chi connectivity index (χ2n) is 9.37. The molecule has 4 fully saturated rings. The van der Waals surface area contributed by atoms with Crippen molar-refractivity contribution in [2.45, 2.75) is 52.4 Å². The van der Waals surface area contributed by atoms with Gasteiger partial charge in [-0.3, -0.25) is 4.79 Å². The molecule has 0 spiro atoms. The highest BCUT2D eigenvalue weighted by Crippen LogP contribution is 2.68. The molecule has 160 valence electrons. The zero-order chi connectivity index (χ0) is 22.3. The summed E-state index contributed by atoms with van der Waals surface area (Å²) in [5, 5.41) is 0. The molecule has 0 amide bonds. The number of hydrogen-bond acceptors (Lipinski definition) is 2. The van der Waals surface area contributed by atoms with Gasteiger partial charge in [0.05, 0.1) is 11.8 Å². The van der Waals surface area contributed by atoms with Crippen LogP contribution in [0.2, 0.25) is 0 Å². The average Bonchev–Trinajstić information content (AvgIpc) is 3.59. The van der Waals surface area contributed by atoms with Crippen LogP contribution in [0.4, 0.5) is 0 Å². The maximum Gasteiger partial charge on any atom is 0.309 e. The molecule has 0 aliphatic heterocycles. The van der Waals surface area contributed by atoms with Gasteiger partial charge in [-0.05, 0) is 140 Å². The standard InChI is InChI=1S/C30H28O2/c1-3-5-6-7-8-9-10-11-12-13-14-15-22(4-2)21-32-30(31)27-20-25-19-26(27)29-24-17-16-23(18-24)28(25)29/h22-29H,4,16-21H2,1-2H3. The Morgan fingerprint density at radius 1 is 0.812 bits per heavy atom. The second-order valence-corrected chi connectivity index (χ2v) is 9.37. The lowest BCUT2D eigenvalue weighted by Gasteiger charge is -2.37. The first-order valence-corrected chi connectivity index (χ1v) is 11.8. The number of carbonyl (C=O) groups is 1. The van der Waals surface area contributed by atoms with Gasteiger partial charge in [-0.2, -0.15) is 0 Å². The average molecular weight is 421 g/mol. The third-order valence-corrected chi connectivity index (χ3v) is 7.92. The van der Waals surface area contributed by atoms with E-state index in [9.17, 15) is 4.79 Å². The Morgan fingerprint density at radius 3 is 2.09 bits per heavy atom. The molecule has 4 saturated carbocycles. The van der Waals surface area contributed by atoms with Crippen molar-refractivity contribution >= 4 is 5.97 Å². The van der Waals surface area contributed by atoms with Crippen LogP contribution >= 0.6 is 0 Å². The van der Waals surface area contributed by atoms with Gasteiger partial charge in [0.25, 0.3) is 0 Å². The molecule has 4 aliphatic carbocycles. The number of hydrogen-bond donors (Lipinski definition) is 0. The summed E-state index contributed by atoms with van der Waals surface area (Å²) in [5.74, 6) is 37.2. The van der Waals surface area contributed by atoms with Crippen LogP contribution in [-0.4, -0.2) is 12.6 Å². The van der Waals surface area contributed by atoms with E-state index in [4.69, 9.17) is 4.74 Å². The number of ether oxygens (including phenoxy) is 1. The van der Waals surface area contributed by atoms with Gasteiger partial charge >= 0.3 is 5.97 Å². The summed E-state index contributed by atoms with van der Waals surface area (Å²) in [5.41, 5.74) is 0. The Kier molecular flexibility index (Phi) is 7.18. The zero-order valence-corrected chi connectivity index (χ0v) is 18.9. The lowest BCUT2D eigenvalue weighted by atomic mass is 9.67. The highest BCUT2D eigenvalue weighted by Gasteiger charge is 2.63. The van der Waals surface area contributed by atoms with E-state index in [-0.39, 0.29) is 17.8 Å². The Morgan fingerprint density at radius 2 is 1.44 bits per heavy atom. The van der Waals surface area contributed by atoms with E-state index in [2.05, 4.69) is 78.0 Å². The van der Waals surface area contributed by atoms with Gasteiger partial charge in [-0.15, -0.1) is 0 Å². The molecule has 0 aromatic carbocycles. The molecule has 2 heteroatoms. The largest absolute Gasteiger partial charge is 0.464 e. The Hall–Kier alpha value is -3.17. The molecule has 4 aliphatic rings. The highest BCUT2D eigenvalue weighted by molar-refractivity contribution is 5.73. The molecular weight excluding hydrogens is 392 g/mol. The molecule has 0 N–H and O–H groups in total. The van der Waals surface area contributed by atoms with Crippen LogP contribution in [0.15, 0.2) is 0 Å². The molecule has 0 heterocycles. The minimum Gasteiger partial charge on any atom is -0.464 e. The van der Waals surface area contributed by atoms with Gasteiger partial charge in [0.1, 0.15) is 6.61 Å². The van der Waals surface area contributed by atoms with E-state index in [1.54, 1.807) is 6.92 Å². The van der Waals surface area contributed by atoms with E-state index in [1.807, 2.05) is 0 Å². The maximum atomic E-state index is 12.9. The predicted octanol–water partition coefficient (Wildman–Crippen LogP) is 3.91. The summed E-state index contributed by atoms with van der Waals surface area (Å²) < 4.78 is 5.75. The Bertz CT molecular complexity index is 1120. The van der Waals surface area contributed by atoms with Crippen molar-refractivity contribution in [2.75, 3.05) is 6.61 Å². The third kappa shape index (κ3) is 4.68. The summed E-state index contributed by atoms with van der Waals surface area (Å²) >= 11 is 0. The van der Waals surface area contributed by atoms with Crippen LogP contribution in [0.25, 0.3) is 0 Å². The van der Waals surface area contributed by atoms with Crippen molar-refractivity contribution in [2.24, 2.45) is 47.3 Å². The van der Waals surface area contributed by atoms with Gasteiger partial charge < -0.3 is 4.74 Å². The van der Waals surface area contributed by atoms with Crippen molar-refractivity contribution in [1.29, 1.82) is 0 Å². The Balaban J connectivity index is 1.24. The van der Waals surface area contributed by atoms with Gasteiger partial charge in [-0.1, -0.05) is 18.8 Å². The zero-order valence-electron chi connectivity index (χ0n) is 18.9. The SMILES string of the molecule is CC#CC#CC#CC#CC#CC#CC(CC)COC(=O)C1CC2CC1C1C3CCC(C3)C21. The molecule has 8 atom stereocenters. The normalized spacial score (nSPS) is 32.4. The molecule has 0 aromatic heterocycles. The number of carbonyl (C=O) groups excluding carboxylic acids is 1. The van der Waals surface area contributed by atoms with Crippen molar-refractivity contribution in [3.05, 3.63) is 0 Å². The van der Waals surface area contributed by atoms with Gasteiger partial charge in [0.2, 0.25) is 0 Å². The lowest BCUT2D eigenvalue weighted by Crippen LogP contribution is -2.36. The molecular formula is C30H28O2. The number of rotatable bonds is 4. The minimum absolute atomic E-state index is 0.00443. The molecule has 4 rings (SSSR count). The van der Waals surface area contributed by atoms with Crippen LogP contribution in [0.1, 0.15) is 52.4 Å². The van der Waals surface area contributed by atoms with Crippen LogP contribution in [0.3, 0.4) is 0 Å². The summed E-state index contributed by atoms with van der Waals surface area (Å²) in [4.78, 5) is 12.9. The van der Waals surface area contributed by atoms with Gasteiger partial charge in [0, 0.05) is 0 Å². The number of fused-ring (bicyclic) bond motifs is 9. The van der Waals surface area contributed by atoms with E-state index >= 15 is 0 Å². The summed E-state index contributed by atoms with van der Waals surface area (Å²) in [6, 6.07) is 0. The summed E-state index contributed by atoms with van der Waals surface area (Å²) in [6.45, 7) is 4.13. The van der Waals surface area contributed by atoms with Crippen LogP contribution < -0.4 is 0 Å². The minimum atomic E-state index is 0.00443. The fourth-order valence-electron chi connectivity index (χ4n) is 6.84. The van der Waals surface area contributed by atoms with Crippen molar-refractivity contribution < 1.29 is 9.53 Å². The van der Waals surface area contributed by atoms with Crippen LogP contribution in [0.5, 0.6) is 0 Å². The fourth-order valence-corrected chi connectivity index (χ4v) is 6.84. The van der Waals surface area contributed by atoms with Gasteiger partial charge in [0.15, 0.2) is 0 Å². The Labute approximate surface area is 193 Å². The highest BCUT2D eigenvalue weighted by atomic mass is 16.5. The monoisotopic (exact) mass is 420 g/mol.